The molecule has 0 saturated heterocycles. The first-order valence-corrected chi connectivity index (χ1v) is 13.2. The highest BCUT2D eigenvalue weighted by Gasteiger charge is 2.17. The lowest BCUT2D eigenvalue weighted by Gasteiger charge is -2.03. The van der Waals surface area contributed by atoms with Crippen molar-refractivity contribution in [3.63, 3.8) is 0 Å². The third-order valence-electron chi connectivity index (χ3n) is 5.24. The number of allylic oxidation sites excluding steroid dienone is 1. The largest absolute Gasteiger partial charge is 0.500 e. The van der Waals surface area contributed by atoms with Gasteiger partial charge >= 0.3 is 11.9 Å². The van der Waals surface area contributed by atoms with Crippen LogP contribution in [0, 0.1) is 5.92 Å². The number of aliphatic imine (C=N–C) groups is 1. The molecule has 220 valence electrons. The topological polar surface area (TPSA) is 167 Å². The summed E-state index contributed by atoms with van der Waals surface area (Å²) in [5.74, 6) is -0.872. The maximum absolute atomic E-state index is 12.1. The molecule has 2 aromatic heterocycles. The average Bonchev–Trinajstić information content (AvgIpc) is 3.53. The van der Waals surface area contributed by atoms with Crippen LogP contribution in [0.15, 0.2) is 45.7 Å². The molecule has 1 aliphatic heterocycles. The molecule has 0 amide bonds. The average molecular weight is 560 g/mol. The number of esters is 2. The summed E-state index contributed by atoms with van der Waals surface area (Å²) in [5, 5.41) is 2.93. The number of hydrogen-bond donors (Lipinski definition) is 2. The first-order chi connectivity index (χ1) is 18.9. The normalized spacial score (nSPS) is 12.6. The lowest BCUT2D eigenvalue weighted by atomic mass is 10.1. The number of fused-ring (bicyclic) bond motifs is 1. The summed E-state index contributed by atoms with van der Waals surface area (Å²) in [5.41, 5.74) is 8.36. The van der Waals surface area contributed by atoms with Gasteiger partial charge in [-0.1, -0.05) is 27.7 Å². The summed E-state index contributed by atoms with van der Waals surface area (Å²) < 4.78 is 15.6. The highest BCUT2D eigenvalue weighted by Crippen LogP contribution is 2.13. The zero-order chi connectivity index (χ0) is 30.4. The van der Waals surface area contributed by atoms with E-state index in [0.29, 0.717) is 24.7 Å². The van der Waals surface area contributed by atoms with Crippen LogP contribution in [0.25, 0.3) is 5.65 Å². The third kappa shape index (κ3) is 10.2. The molecule has 3 rings (SSSR count). The Morgan fingerprint density at radius 3 is 2.17 bits per heavy atom. The van der Waals surface area contributed by atoms with E-state index in [1.54, 1.807) is 26.8 Å². The van der Waals surface area contributed by atoms with Crippen molar-refractivity contribution in [3.05, 3.63) is 57.5 Å². The molecule has 0 unspecified atom stereocenters. The minimum absolute atomic E-state index is 0.0521. The number of ketones is 1. The SMILES string of the molecule is CC(C)C1=NCC(N)=C1.CCO/C=C(/C(C)=O)C(=O)OCC.CCOC(=O)c1cnc2cc(C(C)C)[nH]n2c1=O. The van der Waals surface area contributed by atoms with Crippen molar-refractivity contribution in [1.82, 2.24) is 14.6 Å². The number of aromatic nitrogens is 3. The smallest absolute Gasteiger partial charge is 0.345 e. The van der Waals surface area contributed by atoms with Crippen LogP contribution in [0.3, 0.4) is 0 Å². The van der Waals surface area contributed by atoms with E-state index in [0.717, 1.165) is 23.4 Å². The van der Waals surface area contributed by atoms with Crippen molar-refractivity contribution in [2.45, 2.75) is 61.3 Å². The van der Waals surface area contributed by atoms with Gasteiger partial charge in [-0.2, -0.15) is 0 Å². The Kier molecular flexibility index (Phi) is 14.1. The molecule has 0 spiro atoms. The van der Waals surface area contributed by atoms with Gasteiger partial charge in [0.25, 0.3) is 5.56 Å². The minimum atomic E-state index is -0.648. The minimum Gasteiger partial charge on any atom is -0.500 e. The fourth-order valence-corrected chi connectivity index (χ4v) is 3.09. The van der Waals surface area contributed by atoms with Gasteiger partial charge in [-0.15, -0.1) is 0 Å². The van der Waals surface area contributed by atoms with Crippen molar-refractivity contribution < 1.29 is 28.6 Å². The van der Waals surface area contributed by atoms with Crippen LogP contribution in [0.5, 0.6) is 0 Å². The summed E-state index contributed by atoms with van der Waals surface area (Å²) >= 11 is 0. The molecule has 0 bridgehead atoms. The third-order valence-corrected chi connectivity index (χ3v) is 5.24. The molecule has 2 aromatic rings. The molecule has 40 heavy (non-hydrogen) atoms. The molecule has 12 heteroatoms. The number of rotatable bonds is 9. The summed E-state index contributed by atoms with van der Waals surface area (Å²) in [6.45, 7) is 16.2. The Hall–Kier alpha value is -4.22. The number of Topliss-reactive ketones (excluding diaryl/α,β-unsaturated/α-hetero) is 1. The van der Waals surface area contributed by atoms with E-state index in [1.807, 2.05) is 19.9 Å². The van der Waals surface area contributed by atoms with Gasteiger partial charge in [0.15, 0.2) is 11.4 Å². The zero-order valence-corrected chi connectivity index (χ0v) is 24.6. The lowest BCUT2D eigenvalue weighted by Crippen LogP contribution is -2.24. The molecule has 0 aromatic carbocycles. The Labute approximate surface area is 234 Å². The number of nitrogens with zero attached hydrogens (tertiary/aromatic N) is 3. The van der Waals surface area contributed by atoms with Gasteiger partial charge in [0.05, 0.1) is 26.4 Å². The van der Waals surface area contributed by atoms with Crippen LogP contribution in [0.1, 0.15) is 77.4 Å². The highest BCUT2D eigenvalue weighted by molar-refractivity contribution is 6.16. The number of aromatic amines is 1. The van der Waals surface area contributed by atoms with Crippen LogP contribution in [0.4, 0.5) is 0 Å². The van der Waals surface area contributed by atoms with Crippen LogP contribution in [-0.2, 0) is 23.8 Å². The summed E-state index contributed by atoms with van der Waals surface area (Å²) in [7, 11) is 0. The molecular weight excluding hydrogens is 518 g/mol. The van der Waals surface area contributed by atoms with E-state index in [2.05, 4.69) is 33.7 Å². The predicted molar refractivity (Wildman–Crippen MR) is 152 cm³/mol. The number of nitrogens with two attached hydrogens (primary N) is 1. The van der Waals surface area contributed by atoms with Gasteiger partial charge in [-0.05, 0) is 45.6 Å². The van der Waals surface area contributed by atoms with Gasteiger partial charge in [-0.25, -0.2) is 19.1 Å². The van der Waals surface area contributed by atoms with Crippen LogP contribution in [0.2, 0.25) is 0 Å². The Morgan fingerprint density at radius 2 is 1.73 bits per heavy atom. The number of carbonyl (C=O) groups is 3. The second kappa shape index (κ2) is 16.7. The first-order valence-electron chi connectivity index (χ1n) is 13.2. The molecule has 0 saturated carbocycles. The summed E-state index contributed by atoms with van der Waals surface area (Å²) in [6.07, 6.45) is 4.36. The number of H-pyrrole nitrogens is 1. The van der Waals surface area contributed by atoms with Crippen molar-refractivity contribution >= 4 is 29.1 Å². The monoisotopic (exact) mass is 559 g/mol. The molecule has 0 atom stereocenters. The fourth-order valence-electron chi connectivity index (χ4n) is 3.09. The second-order valence-electron chi connectivity index (χ2n) is 9.14. The number of ether oxygens (including phenoxy) is 3. The van der Waals surface area contributed by atoms with Crippen LogP contribution < -0.4 is 11.3 Å². The van der Waals surface area contributed by atoms with E-state index in [4.69, 9.17) is 15.2 Å². The predicted octanol–water partition coefficient (Wildman–Crippen LogP) is 3.32. The highest BCUT2D eigenvalue weighted by atomic mass is 16.5. The van der Waals surface area contributed by atoms with Gasteiger partial charge in [0.2, 0.25) is 0 Å². The maximum Gasteiger partial charge on any atom is 0.345 e. The van der Waals surface area contributed by atoms with E-state index in [1.165, 1.54) is 17.6 Å². The standard InChI is InChI=1S/C12H15N3O3.C9H14O4.C7H12N2/c1-4-18-12(17)8-6-13-10-5-9(7(2)3)14-15(10)11(8)16;1-4-12-6-8(7(3)10)9(11)13-5-2;1-5(2)7-3-6(8)4-9-7/h5-7,14H,4H2,1-3H3;6H,4-5H2,1-3H3;3,5H,4,8H2,1-2H3/b;8-6-;. The van der Waals surface area contributed by atoms with Gasteiger partial charge in [0, 0.05) is 29.4 Å². The summed E-state index contributed by atoms with van der Waals surface area (Å²) in [6, 6.07) is 1.79. The number of hydrogen-bond acceptors (Lipinski definition) is 10. The molecule has 0 radical (unpaired) electrons. The Bertz CT molecular complexity index is 1320. The molecule has 3 heterocycles. The van der Waals surface area contributed by atoms with Crippen LogP contribution >= 0.6 is 0 Å². The van der Waals surface area contributed by atoms with E-state index in [9.17, 15) is 19.2 Å². The molecule has 0 fully saturated rings. The first kappa shape index (κ1) is 33.8. The zero-order valence-electron chi connectivity index (χ0n) is 24.6. The van der Waals surface area contributed by atoms with Crippen molar-refractivity contribution in [1.29, 1.82) is 0 Å². The second-order valence-corrected chi connectivity index (χ2v) is 9.14. The quantitative estimate of drug-likeness (QED) is 0.154. The Morgan fingerprint density at radius 1 is 1.07 bits per heavy atom. The van der Waals surface area contributed by atoms with Gasteiger partial charge in [0.1, 0.15) is 17.4 Å². The number of nitrogens with one attached hydrogen (secondary N) is 1. The molecular formula is C28H41N5O7. The van der Waals surface area contributed by atoms with Crippen molar-refractivity contribution in [2.24, 2.45) is 16.6 Å². The van der Waals surface area contributed by atoms with Crippen molar-refractivity contribution in [2.75, 3.05) is 26.4 Å². The molecule has 3 N–H and O–H groups in total. The molecule has 12 nitrogen and oxygen atoms in total. The maximum atomic E-state index is 12.1. The van der Waals surface area contributed by atoms with E-state index < -0.39 is 17.5 Å². The van der Waals surface area contributed by atoms with E-state index >= 15 is 0 Å². The van der Waals surface area contributed by atoms with Crippen LogP contribution in [-0.4, -0.2) is 64.4 Å². The van der Waals surface area contributed by atoms with Gasteiger partial charge < -0.3 is 19.9 Å². The molecule has 0 aliphatic carbocycles. The van der Waals surface area contributed by atoms with Crippen molar-refractivity contribution in [3.8, 4) is 0 Å². The number of carbonyl (C=O) groups excluding carboxylic acids is 3. The van der Waals surface area contributed by atoms with Gasteiger partial charge in [-0.3, -0.25) is 19.7 Å². The Balaban J connectivity index is 0.000000320. The summed E-state index contributed by atoms with van der Waals surface area (Å²) in [4.78, 5) is 53.9. The fraction of sp³-hybridized carbons (Fsp3) is 0.500. The lowest BCUT2D eigenvalue weighted by molar-refractivity contribution is -0.140. The van der Waals surface area contributed by atoms with E-state index in [-0.39, 0.29) is 36.1 Å². The molecule has 1 aliphatic rings.